The summed E-state index contributed by atoms with van der Waals surface area (Å²) >= 11 is 0. The normalized spacial score (nSPS) is 17.2. The zero-order valence-corrected chi connectivity index (χ0v) is 7.57. The van der Waals surface area contributed by atoms with Crippen molar-refractivity contribution in [2.24, 2.45) is 0 Å². The van der Waals surface area contributed by atoms with E-state index < -0.39 is 0 Å². The lowest BCUT2D eigenvalue weighted by Crippen LogP contribution is -1.99. The van der Waals surface area contributed by atoms with Gasteiger partial charge in [0.05, 0.1) is 11.4 Å². The minimum atomic E-state index is 0.658. The third kappa shape index (κ3) is 1.76. The summed E-state index contributed by atoms with van der Waals surface area (Å²) < 4.78 is 0. The second kappa shape index (κ2) is 3.68. The van der Waals surface area contributed by atoms with Crippen molar-refractivity contribution >= 4 is 6.41 Å². The van der Waals surface area contributed by atoms with Crippen molar-refractivity contribution < 1.29 is 4.79 Å². The molecule has 0 radical (unpaired) electrons. The predicted octanol–water partition coefficient (Wildman–Crippen LogP) is 0.975. The Morgan fingerprint density at radius 3 is 2.00 bits per heavy atom. The first kappa shape index (κ1) is 8.41. The molecule has 0 spiro atoms. The van der Waals surface area contributed by atoms with Crippen LogP contribution in [0.25, 0.3) is 0 Å². The van der Waals surface area contributed by atoms with Gasteiger partial charge in [0.2, 0.25) is 0 Å². The van der Waals surface area contributed by atoms with Gasteiger partial charge in [0, 0.05) is 0 Å². The highest BCUT2D eigenvalue weighted by atomic mass is 16.1. The van der Waals surface area contributed by atoms with Crippen LogP contribution in [-0.4, -0.2) is 21.4 Å². The predicted molar refractivity (Wildman–Crippen MR) is 48.0 cm³/mol. The van der Waals surface area contributed by atoms with E-state index in [2.05, 4.69) is 10.2 Å². The fourth-order valence-corrected chi connectivity index (χ4v) is 1.76. The van der Waals surface area contributed by atoms with Gasteiger partial charge in [-0.05, 0) is 25.7 Å². The van der Waals surface area contributed by atoms with Crippen LogP contribution in [0, 0.1) is 0 Å². The van der Waals surface area contributed by atoms with E-state index in [9.17, 15) is 4.79 Å². The molecule has 0 saturated carbocycles. The minimum Gasteiger partial charge on any atom is -0.275 e. The first-order valence-corrected chi connectivity index (χ1v) is 4.80. The van der Waals surface area contributed by atoms with Gasteiger partial charge in [0.25, 0.3) is 6.41 Å². The maximum Gasteiger partial charge on any atom is 0.252 e. The van der Waals surface area contributed by atoms with Gasteiger partial charge in [-0.2, -0.15) is 10.2 Å². The molecule has 70 valence electrons. The van der Waals surface area contributed by atoms with E-state index in [4.69, 9.17) is 0 Å². The number of fused-ring (bicyclic) bond motifs is 1. The number of aromatic nitrogens is 3. The summed E-state index contributed by atoms with van der Waals surface area (Å²) in [5.41, 5.74) is 2.04. The fraction of sp³-hybridized carbons (Fsp3) is 0.667. The van der Waals surface area contributed by atoms with Gasteiger partial charge in [0.1, 0.15) is 0 Å². The standard InChI is InChI=1S/C9H13N3O/c13-7-12-10-8-5-3-1-2-4-6-9(8)11-12/h7H,1-6H2. The first-order chi connectivity index (χ1) is 6.40. The molecular weight excluding hydrogens is 166 g/mol. The van der Waals surface area contributed by atoms with Crippen molar-refractivity contribution in [2.75, 3.05) is 0 Å². The van der Waals surface area contributed by atoms with Crippen LogP contribution < -0.4 is 0 Å². The smallest absolute Gasteiger partial charge is 0.252 e. The highest BCUT2D eigenvalue weighted by Crippen LogP contribution is 2.16. The summed E-state index contributed by atoms with van der Waals surface area (Å²) in [5, 5.41) is 8.22. The Hall–Kier alpha value is -1.19. The van der Waals surface area contributed by atoms with Crippen LogP contribution >= 0.6 is 0 Å². The van der Waals surface area contributed by atoms with E-state index in [0.717, 1.165) is 29.0 Å². The second-order valence-corrected chi connectivity index (χ2v) is 3.43. The van der Waals surface area contributed by atoms with E-state index in [1.807, 2.05) is 0 Å². The van der Waals surface area contributed by atoms with Crippen molar-refractivity contribution in [2.45, 2.75) is 38.5 Å². The van der Waals surface area contributed by atoms with Gasteiger partial charge >= 0.3 is 0 Å². The van der Waals surface area contributed by atoms with Gasteiger partial charge in [-0.1, -0.05) is 12.8 Å². The molecule has 1 aliphatic rings. The Kier molecular flexibility index (Phi) is 2.38. The molecule has 4 heteroatoms. The lowest BCUT2D eigenvalue weighted by molar-refractivity contribution is 0.528. The molecule has 0 amide bonds. The molecule has 0 unspecified atom stereocenters. The Morgan fingerprint density at radius 2 is 1.54 bits per heavy atom. The number of carbonyl (C=O) groups excluding carboxylic acids is 1. The van der Waals surface area contributed by atoms with Crippen LogP contribution in [0.15, 0.2) is 0 Å². The maximum absolute atomic E-state index is 10.4. The molecule has 2 rings (SSSR count). The highest BCUT2D eigenvalue weighted by Gasteiger charge is 2.12. The number of hydrogen-bond acceptors (Lipinski definition) is 3. The van der Waals surface area contributed by atoms with Gasteiger partial charge < -0.3 is 0 Å². The topological polar surface area (TPSA) is 47.8 Å². The Morgan fingerprint density at radius 1 is 1.00 bits per heavy atom. The lowest BCUT2D eigenvalue weighted by Gasteiger charge is -2.05. The third-order valence-corrected chi connectivity index (χ3v) is 2.45. The number of rotatable bonds is 1. The van der Waals surface area contributed by atoms with Gasteiger partial charge in [0.15, 0.2) is 0 Å². The highest BCUT2D eigenvalue weighted by molar-refractivity contribution is 5.48. The molecule has 0 aromatic carbocycles. The van der Waals surface area contributed by atoms with Crippen LogP contribution in [0.1, 0.15) is 37.1 Å². The summed E-state index contributed by atoms with van der Waals surface area (Å²) in [4.78, 5) is 11.6. The number of nitrogens with zero attached hydrogens (tertiary/aromatic N) is 3. The molecular formula is C9H13N3O. The summed E-state index contributed by atoms with van der Waals surface area (Å²) in [7, 11) is 0. The van der Waals surface area contributed by atoms with Crippen molar-refractivity contribution in [3.63, 3.8) is 0 Å². The SMILES string of the molecule is O=Cn1nc2c(n1)CCCCCC2. The Balaban J connectivity index is 2.25. The number of hydrogen-bond donors (Lipinski definition) is 0. The van der Waals surface area contributed by atoms with Gasteiger partial charge in [-0.3, -0.25) is 4.79 Å². The summed E-state index contributed by atoms with van der Waals surface area (Å²) in [6.07, 6.45) is 7.49. The quantitative estimate of drug-likeness (QED) is 0.604. The average Bonchev–Trinajstić information content (AvgIpc) is 2.47. The van der Waals surface area contributed by atoms with Crippen LogP contribution in [0.3, 0.4) is 0 Å². The molecule has 0 bridgehead atoms. The van der Waals surface area contributed by atoms with Crippen molar-refractivity contribution in [3.8, 4) is 0 Å². The molecule has 1 aromatic heterocycles. The molecule has 4 nitrogen and oxygen atoms in total. The molecule has 0 saturated heterocycles. The largest absolute Gasteiger partial charge is 0.275 e. The molecule has 0 aliphatic heterocycles. The van der Waals surface area contributed by atoms with Crippen molar-refractivity contribution in [1.29, 1.82) is 0 Å². The van der Waals surface area contributed by atoms with Crippen molar-refractivity contribution in [1.82, 2.24) is 15.0 Å². The zero-order chi connectivity index (χ0) is 9.10. The van der Waals surface area contributed by atoms with E-state index in [-0.39, 0.29) is 0 Å². The summed E-state index contributed by atoms with van der Waals surface area (Å²) in [5.74, 6) is 0. The lowest BCUT2D eigenvalue weighted by atomic mass is 10.0. The van der Waals surface area contributed by atoms with Crippen molar-refractivity contribution in [3.05, 3.63) is 11.4 Å². The fourth-order valence-electron chi connectivity index (χ4n) is 1.76. The van der Waals surface area contributed by atoms with Gasteiger partial charge in [-0.15, -0.1) is 4.80 Å². The molecule has 0 N–H and O–H groups in total. The van der Waals surface area contributed by atoms with Crippen LogP contribution in [0.4, 0.5) is 0 Å². The van der Waals surface area contributed by atoms with Gasteiger partial charge in [-0.25, -0.2) is 0 Å². The zero-order valence-electron chi connectivity index (χ0n) is 7.57. The molecule has 1 heterocycles. The van der Waals surface area contributed by atoms with E-state index >= 15 is 0 Å². The minimum absolute atomic E-state index is 0.658. The van der Waals surface area contributed by atoms with E-state index in [0.29, 0.717) is 6.41 Å². The average molecular weight is 179 g/mol. The van der Waals surface area contributed by atoms with Crippen LogP contribution in [0.5, 0.6) is 0 Å². The van der Waals surface area contributed by atoms with Crippen LogP contribution in [-0.2, 0) is 17.6 Å². The molecule has 1 aliphatic carbocycles. The number of aryl methyl sites for hydroxylation is 2. The molecule has 0 atom stereocenters. The van der Waals surface area contributed by atoms with Crippen LogP contribution in [0.2, 0.25) is 0 Å². The Bertz CT molecular complexity index is 280. The molecule has 13 heavy (non-hydrogen) atoms. The maximum atomic E-state index is 10.4. The summed E-state index contributed by atoms with van der Waals surface area (Å²) in [6.45, 7) is 0. The second-order valence-electron chi connectivity index (χ2n) is 3.43. The number of carbonyl (C=O) groups is 1. The Labute approximate surface area is 76.9 Å². The third-order valence-electron chi connectivity index (χ3n) is 2.45. The molecule has 1 aromatic rings. The summed E-state index contributed by atoms with van der Waals surface area (Å²) in [6, 6.07) is 0. The molecule has 0 fully saturated rings. The first-order valence-electron chi connectivity index (χ1n) is 4.80. The van der Waals surface area contributed by atoms with E-state index in [1.54, 1.807) is 0 Å². The van der Waals surface area contributed by atoms with E-state index in [1.165, 1.54) is 25.7 Å². The monoisotopic (exact) mass is 179 g/mol.